The summed E-state index contributed by atoms with van der Waals surface area (Å²) in [7, 11) is 2.13. The standard InChI is InChI=1S/C14H27NO2/c1-5-17-13(16)8-11-15(4)12-6-9-14(2,3)10-7-12/h12H,5-11H2,1-4H3. The lowest BCUT2D eigenvalue weighted by molar-refractivity contribution is -0.143. The van der Waals surface area contributed by atoms with Crippen LogP contribution in [0.3, 0.4) is 0 Å². The van der Waals surface area contributed by atoms with Crippen LogP contribution in [-0.4, -0.2) is 37.1 Å². The summed E-state index contributed by atoms with van der Waals surface area (Å²) in [5.74, 6) is -0.0736. The highest BCUT2D eigenvalue weighted by molar-refractivity contribution is 5.69. The fourth-order valence-electron chi connectivity index (χ4n) is 2.51. The molecule has 1 fully saturated rings. The molecule has 0 heterocycles. The Labute approximate surface area is 106 Å². The molecule has 0 radical (unpaired) electrons. The van der Waals surface area contributed by atoms with Crippen LogP contribution in [0.2, 0.25) is 0 Å². The van der Waals surface area contributed by atoms with Gasteiger partial charge in [-0.1, -0.05) is 13.8 Å². The molecule has 0 unspecified atom stereocenters. The molecule has 0 N–H and O–H groups in total. The Kier molecular flexibility index (Phi) is 5.44. The SMILES string of the molecule is CCOC(=O)CCN(C)C1CCC(C)(C)CC1. The molecule has 1 aliphatic carbocycles. The highest BCUT2D eigenvalue weighted by Crippen LogP contribution is 2.36. The molecule has 0 spiro atoms. The highest BCUT2D eigenvalue weighted by atomic mass is 16.5. The van der Waals surface area contributed by atoms with Crippen molar-refractivity contribution in [1.29, 1.82) is 0 Å². The molecule has 0 atom stereocenters. The van der Waals surface area contributed by atoms with Gasteiger partial charge in [0.2, 0.25) is 0 Å². The van der Waals surface area contributed by atoms with Crippen molar-refractivity contribution in [2.75, 3.05) is 20.2 Å². The zero-order valence-electron chi connectivity index (χ0n) is 11.8. The Morgan fingerprint density at radius 2 is 1.94 bits per heavy atom. The first-order chi connectivity index (χ1) is 7.94. The summed E-state index contributed by atoms with van der Waals surface area (Å²) in [6, 6.07) is 0.650. The average Bonchev–Trinajstić information content (AvgIpc) is 2.26. The molecule has 0 aromatic carbocycles. The van der Waals surface area contributed by atoms with Crippen LogP contribution in [0.4, 0.5) is 0 Å². The quantitative estimate of drug-likeness (QED) is 0.693. The molecule has 0 aliphatic heterocycles. The predicted octanol–water partition coefficient (Wildman–Crippen LogP) is 2.84. The number of hydrogen-bond donors (Lipinski definition) is 0. The average molecular weight is 241 g/mol. The largest absolute Gasteiger partial charge is 0.466 e. The fraction of sp³-hybridized carbons (Fsp3) is 0.929. The van der Waals surface area contributed by atoms with E-state index in [0.717, 1.165) is 6.54 Å². The molecule has 0 saturated heterocycles. The van der Waals surface area contributed by atoms with Gasteiger partial charge >= 0.3 is 5.97 Å². The Balaban J connectivity index is 2.25. The van der Waals surface area contributed by atoms with Crippen LogP contribution in [0.25, 0.3) is 0 Å². The Hall–Kier alpha value is -0.570. The molecule has 0 bridgehead atoms. The topological polar surface area (TPSA) is 29.5 Å². The van der Waals surface area contributed by atoms with E-state index in [-0.39, 0.29) is 5.97 Å². The molecule has 17 heavy (non-hydrogen) atoms. The van der Waals surface area contributed by atoms with Gasteiger partial charge in [0.1, 0.15) is 0 Å². The Morgan fingerprint density at radius 1 is 1.35 bits per heavy atom. The van der Waals surface area contributed by atoms with Gasteiger partial charge < -0.3 is 9.64 Å². The van der Waals surface area contributed by atoms with E-state index in [1.54, 1.807) is 0 Å². The number of carbonyl (C=O) groups excluding carboxylic acids is 1. The minimum atomic E-state index is -0.0736. The summed E-state index contributed by atoms with van der Waals surface area (Å²) in [4.78, 5) is 13.6. The smallest absolute Gasteiger partial charge is 0.307 e. The van der Waals surface area contributed by atoms with Crippen molar-refractivity contribution in [2.24, 2.45) is 5.41 Å². The molecule has 1 saturated carbocycles. The van der Waals surface area contributed by atoms with Gasteiger partial charge in [-0.3, -0.25) is 4.79 Å². The number of nitrogens with zero attached hydrogens (tertiary/aromatic N) is 1. The monoisotopic (exact) mass is 241 g/mol. The summed E-state index contributed by atoms with van der Waals surface area (Å²) >= 11 is 0. The van der Waals surface area contributed by atoms with Gasteiger partial charge in [0.25, 0.3) is 0 Å². The van der Waals surface area contributed by atoms with Crippen molar-refractivity contribution in [3.05, 3.63) is 0 Å². The summed E-state index contributed by atoms with van der Waals surface area (Å²) in [5, 5.41) is 0. The van der Waals surface area contributed by atoms with E-state index in [2.05, 4.69) is 25.8 Å². The zero-order chi connectivity index (χ0) is 12.9. The van der Waals surface area contributed by atoms with Crippen LogP contribution in [0.15, 0.2) is 0 Å². The van der Waals surface area contributed by atoms with Gasteiger partial charge in [-0.25, -0.2) is 0 Å². The lowest BCUT2D eigenvalue weighted by atomic mass is 9.75. The number of esters is 1. The highest BCUT2D eigenvalue weighted by Gasteiger charge is 2.28. The summed E-state index contributed by atoms with van der Waals surface area (Å²) < 4.78 is 4.95. The molecule has 0 aromatic heterocycles. The maximum Gasteiger partial charge on any atom is 0.307 e. The summed E-state index contributed by atoms with van der Waals surface area (Å²) in [6.07, 6.45) is 5.62. The van der Waals surface area contributed by atoms with Crippen LogP contribution >= 0.6 is 0 Å². The number of hydrogen-bond acceptors (Lipinski definition) is 3. The number of carbonyl (C=O) groups is 1. The second-order valence-corrected chi connectivity index (χ2v) is 5.93. The van der Waals surface area contributed by atoms with Crippen LogP contribution in [0, 0.1) is 5.41 Å². The van der Waals surface area contributed by atoms with Gasteiger partial charge in [-0.2, -0.15) is 0 Å². The third-order valence-electron chi connectivity index (χ3n) is 3.91. The second kappa shape index (κ2) is 6.39. The molecule has 100 valence electrons. The molecule has 3 nitrogen and oxygen atoms in total. The van der Waals surface area contributed by atoms with E-state index in [4.69, 9.17) is 4.74 Å². The van der Waals surface area contributed by atoms with Crippen LogP contribution in [0.5, 0.6) is 0 Å². The Morgan fingerprint density at radius 3 is 2.47 bits per heavy atom. The van der Waals surface area contributed by atoms with Crippen molar-refractivity contribution in [1.82, 2.24) is 4.90 Å². The van der Waals surface area contributed by atoms with Gasteiger partial charge in [0.15, 0.2) is 0 Å². The zero-order valence-corrected chi connectivity index (χ0v) is 11.8. The van der Waals surface area contributed by atoms with E-state index < -0.39 is 0 Å². The van der Waals surface area contributed by atoms with Gasteiger partial charge in [-0.15, -0.1) is 0 Å². The third-order valence-corrected chi connectivity index (χ3v) is 3.91. The van der Waals surface area contributed by atoms with Gasteiger partial charge in [0, 0.05) is 12.6 Å². The first kappa shape index (κ1) is 14.5. The van der Waals surface area contributed by atoms with Crippen molar-refractivity contribution in [3.8, 4) is 0 Å². The molecule has 0 aromatic rings. The van der Waals surface area contributed by atoms with E-state index in [9.17, 15) is 4.79 Å². The van der Waals surface area contributed by atoms with E-state index in [1.807, 2.05) is 6.92 Å². The third kappa shape index (κ3) is 5.07. The van der Waals surface area contributed by atoms with Gasteiger partial charge in [-0.05, 0) is 45.1 Å². The first-order valence-electron chi connectivity index (χ1n) is 6.80. The molecule has 0 amide bonds. The van der Waals surface area contributed by atoms with Gasteiger partial charge in [0.05, 0.1) is 13.0 Å². The summed E-state index contributed by atoms with van der Waals surface area (Å²) in [6.45, 7) is 7.86. The molecular formula is C14H27NO2. The minimum Gasteiger partial charge on any atom is -0.466 e. The molecule has 1 rings (SSSR count). The lowest BCUT2D eigenvalue weighted by Crippen LogP contribution is -2.38. The van der Waals surface area contributed by atoms with Crippen LogP contribution in [-0.2, 0) is 9.53 Å². The predicted molar refractivity (Wildman–Crippen MR) is 69.9 cm³/mol. The number of rotatable bonds is 5. The first-order valence-corrected chi connectivity index (χ1v) is 6.80. The maximum absolute atomic E-state index is 11.3. The molecule has 3 heteroatoms. The van der Waals surface area contributed by atoms with Crippen molar-refractivity contribution < 1.29 is 9.53 Å². The van der Waals surface area contributed by atoms with Crippen LogP contribution < -0.4 is 0 Å². The minimum absolute atomic E-state index is 0.0736. The normalized spacial score (nSPS) is 20.5. The van der Waals surface area contributed by atoms with E-state index in [0.29, 0.717) is 24.5 Å². The Bertz CT molecular complexity index is 241. The second-order valence-electron chi connectivity index (χ2n) is 5.93. The summed E-state index contributed by atoms with van der Waals surface area (Å²) in [5.41, 5.74) is 0.512. The van der Waals surface area contributed by atoms with Crippen molar-refractivity contribution >= 4 is 5.97 Å². The molecular weight excluding hydrogens is 214 g/mol. The molecule has 1 aliphatic rings. The van der Waals surface area contributed by atoms with E-state index in [1.165, 1.54) is 25.7 Å². The van der Waals surface area contributed by atoms with Crippen molar-refractivity contribution in [2.45, 2.75) is 58.9 Å². The van der Waals surface area contributed by atoms with E-state index >= 15 is 0 Å². The van der Waals surface area contributed by atoms with Crippen molar-refractivity contribution in [3.63, 3.8) is 0 Å². The lowest BCUT2D eigenvalue weighted by Gasteiger charge is -2.38. The van der Waals surface area contributed by atoms with Crippen LogP contribution in [0.1, 0.15) is 52.9 Å². The maximum atomic E-state index is 11.3. The fourth-order valence-corrected chi connectivity index (χ4v) is 2.51. The number of ether oxygens (including phenoxy) is 1.